The summed E-state index contributed by atoms with van der Waals surface area (Å²) in [6.07, 6.45) is 2.75. The van der Waals surface area contributed by atoms with Crippen LogP contribution in [-0.2, 0) is 11.2 Å². The van der Waals surface area contributed by atoms with Gasteiger partial charge in [0.05, 0.1) is 20.8 Å². The van der Waals surface area contributed by atoms with Crippen molar-refractivity contribution in [3.05, 3.63) is 29.5 Å². The lowest BCUT2D eigenvalue weighted by Crippen LogP contribution is -2.29. The van der Waals surface area contributed by atoms with Crippen LogP contribution in [0.2, 0.25) is 0 Å². The summed E-state index contributed by atoms with van der Waals surface area (Å²) >= 11 is 0. The number of carbonyl (C=O) groups is 1. The van der Waals surface area contributed by atoms with Crippen LogP contribution < -0.4 is 31.0 Å². The van der Waals surface area contributed by atoms with Crippen LogP contribution in [-0.4, -0.2) is 43.2 Å². The molecule has 2 aromatic rings. The molecule has 0 unspecified atom stereocenters. The molecule has 29 heavy (non-hydrogen) atoms. The van der Waals surface area contributed by atoms with Crippen molar-refractivity contribution in [3.8, 4) is 17.2 Å². The lowest BCUT2D eigenvalue weighted by Gasteiger charge is -2.16. The molecule has 1 aromatic carbocycles. The Morgan fingerprint density at radius 2 is 1.83 bits per heavy atom. The lowest BCUT2D eigenvalue weighted by atomic mass is 10.1. The number of rotatable bonds is 10. The number of aromatic nitrogens is 2. The molecule has 158 valence electrons. The van der Waals surface area contributed by atoms with Gasteiger partial charge in [-0.15, -0.1) is 0 Å². The minimum absolute atomic E-state index is 0.0236. The minimum atomic E-state index is -0.0378. The predicted molar refractivity (Wildman–Crippen MR) is 111 cm³/mol. The highest BCUT2D eigenvalue weighted by Crippen LogP contribution is 2.39. The number of carbonyl (C=O) groups excluding carboxylic acids is 1. The van der Waals surface area contributed by atoms with E-state index in [4.69, 9.17) is 25.7 Å². The molecule has 0 aliphatic heterocycles. The molecule has 9 nitrogen and oxygen atoms in total. The molecule has 0 spiro atoms. The number of nitrogens with one attached hydrogen (secondary N) is 1. The Hall–Kier alpha value is -3.23. The van der Waals surface area contributed by atoms with E-state index in [1.807, 2.05) is 26.0 Å². The van der Waals surface area contributed by atoms with Crippen molar-refractivity contribution in [1.82, 2.24) is 15.3 Å². The summed E-state index contributed by atoms with van der Waals surface area (Å²) in [7, 11) is 3.13. The standard InChI is InChI=1S/C20H29N5O4/c1-12(2)19(26)23-6-5-7-29-17-15(27-3)9-13(10-16(17)28-4)8-14-11-24-20(22)25-18(14)21/h9-12H,5-8H2,1-4H3,(H,23,26)(H4,21,22,24,25). The van der Waals surface area contributed by atoms with E-state index in [2.05, 4.69) is 15.3 Å². The summed E-state index contributed by atoms with van der Waals surface area (Å²) in [5.74, 6) is 2.05. The average Bonchev–Trinajstić information content (AvgIpc) is 2.69. The van der Waals surface area contributed by atoms with Crippen molar-refractivity contribution >= 4 is 17.7 Å². The van der Waals surface area contributed by atoms with Gasteiger partial charge in [-0.05, 0) is 24.1 Å². The molecule has 0 bridgehead atoms. The van der Waals surface area contributed by atoms with Crippen molar-refractivity contribution in [3.63, 3.8) is 0 Å². The van der Waals surface area contributed by atoms with Crippen molar-refractivity contribution in [2.75, 3.05) is 38.8 Å². The Morgan fingerprint density at radius 1 is 1.17 bits per heavy atom. The molecular weight excluding hydrogens is 374 g/mol. The maximum atomic E-state index is 11.6. The number of nitrogens with zero attached hydrogens (tertiary/aromatic N) is 2. The smallest absolute Gasteiger partial charge is 0.222 e. The molecule has 0 saturated carbocycles. The van der Waals surface area contributed by atoms with Gasteiger partial charge in [-0.2, -0.15) is 4.98 Å². The first-order valence-electron chi connectivity index (χ1n) is 9.38. The molecule has 0 fully saturated rings. The normalized spacial score (nSPS) is 10.7. The molecule has 0 radical (unpaired) electrons. The topological polar surface area (TPSA) is 135 Å². The van der Waals surface area contributed by atoms with Crippen LogP contribution >= 0.6 is 0 Å². The van der Waals surface area contributed by atoms with Gasteiger partial charge < -0.3 is 31.0 Å². The highest BCUT2D eigenvalue weighted by molar-refractivity contribution is 5.77. The monoisotopic (exact) mass is 403 g/mol. The van der Waals surface area contributed by atoms with Crippen LogP contribution in [0.15, 0.2) is 18.3 Å². The zero-order chi connectivity index (χ0) is 21.4. The quantitative estimate of drug-likeness (QED) is 0.511. The van der Waals surface area contributed by atoms with E-state index in [1.165, 1.54) is 0 Å². The molecule has 5 N–H and O–H groups in total. The minimum Gasteiger partial charge on any atom is -0.493 e. The molecule has 9 heteroatoms. The van der Waals surface area contributed by atoms with Gasteiger partial charge in [0.2, 0.25) is 17.6 Å². The second-order valence-electron chi connectivity index (χ2n) is 6.79. The van der Waals surface area contributed by atoms with Gasteiger partial charge in [0.25, 0.3) is 0 Å². The number of anilines is 2. The van der Waals surface area contributed by atoms with Gasteiger partial charge in [-0.1, -0.05) is 13.8 Å². The van der Waals surface area contributed by atoms with Crippen LogP contribution in [0.4, 0.5) is 11.8 Å². The summed E-state index contributed by atoms with van der Waals surface area (Å²) in [5.41, 5.74) is 13.1. The van der Waals surface area contributed by atoms with Crippen molar-refractivity contribution < 1.29 is 19.0 Å². The van der Waals surface area contributed by atoms with E-state index in [9.17, 15) is 4.79 Å². The summed E-state index contributed by atoms with van der Waals surface area (Å²) in [6, 6.07) is 3.71. The van der Waals surface area contributed by atoms with E-state index in [0.717, 1.165) is 11.1 Å². The fraction of sp³-hybridized carbons (Fsp3) is 0.450. The largest absolute Gasteiger partial charge is 0.493 e. The zero-order valence-electron chi connectivity index (χ0n) is 17.3. The lowest BCUT2D eigenvalue weighted by molar-refractivity contribution is -0.123. The van der Waals surface area contributed by atoms with E-state index in [0.29, 0.717) is 49.1 Å². The third-order valence-electron chi connectivity index (χ3n) is 4.22. The Balaban J connectivity index is 2.08. The summed E-state index contributed by atoms with van der Waals surface area (Å²) < 4.78 is 16.8. The number of benzene rings is 1. The van der Waals surface area contributed by atoms with E-state index in [-0.39, 0.29) is 17.8 Å². The van der Waals surface area contributed by atoms with Crippen molar-refractivity contribution in [1.29, 1.82) is 0 Å². The third-order valence-corrected chi connectivity index (χ3v) is 4.22. The van der Waals surface area contributed by atoms with Gasteiger partial charge in [0, 0.05) is 30.6 Å². The van der Waals surface area contributed by atoms with Crippen LogP contribution in [0.25, 0.3) is 0 Å². The first-order valence-corrected chi connectivity index (χ1v) is 9.38. The highest BCUT2D eigenvalue weighted by atomic mass is 16.5. The fourth-order valence-corrected chi connectivity index (χ4v) is 2.63. The van der Waals surface area contributed by atoms with E-state index >= 15 is 0 Å². The van der Waals surface area contributed by atoms with Crippen LogP contribution in [0, 0.1) is 5.92 Å². The van der Waals surface area contributed by atoms with Gasteiger partial charge in [-0.25, -0.2) is 4.98 Å². The van der Waals surface area contributed by atoms with Gasteiger partial charge in [0.15, 0.2) is 11.5 Å². The first kappa shape index (κ1) is 22.1. The van der Waals surface area contributed by atoms with E-state index in [1.54, 1.807) is 20.4 Å². The molecule has 0 aliphatic rings. The molecule has 0 saturated heterocycles. The van der Waals surface area contributed by atoms with E-state index < -0.39 is 0 Å². The number of nitrogens with two attached hydrogens (primary N) is 2. The first-order chi connectivity index (χ1) is 13.8. The maximum Gasteiger partial charge on any atom is 0.222 e. The molecule has 1 heterocycles. The number of hydrogen-bond acceptors (Lipinski definition) is 8. The van der Waals surface area contributed by atoms with Gasteiger partial charge in [-0.3, -0.25) is 4.79 Å². The number of hydrogen-bond donors (Lipinski definition) is 3. The molecule has 0 atom stereocenters. The fourth-order valence-electron chi connectivity index (χ4n) is 2.63. The summed E-state index contributed by atoms with van der Waals surface area (Å²) in [6.45, 7) is 4.65. The number of methoxy groups -OCH3 is 2. The van der Waals surface area contributed by atoms with Crippen LogP contribution in [0.5, 0.6) is 17.2 Å². The Morgan fingerprint density at radius 3 is 2.38 bits per heavy atom. The van der Waals surface area contributed by atoms with Crippen LogP contribution in [0.1, 0.15) is 31.4 Å². The Bertz CT molecular complexity index is 817. The second-order valence-corrected chi connectivity index (χ2v) is 6.79. The molecular formula is C20H29N5O4. The van der Waals surface area contributed by atoms with Crippen molar-refractivity contribution in [2.24, 2.45) is 5.92 Å². The Kier molecular flexibility index (Phi) is 7.88. The third kappa shape index (κ3) is 6.13. The number of ether oxygens (including phenoxy) is 3. The molecule has 1 aromatic heterocycles. The molecule has 1 amide bonds. The molecule has 0 aliphatic carbocycles. The van der Waals surface area contributed by atoms with Crippen LogP contribution in [0.3, 0.4) is 0 Å². The Labute approximate surface area is 170 Å². The number of nitrogen functional groups attached to an aromatic ring is 2. The molecule has 2 rings (SSSR count). The summed E-state index contributed by atoms with van der Waals surface area (Å²) in [5, 5.41) is 2.86. The highest BCUT2D eigenvalue weighted by Gasteiger charge is 2.16. The second kappa shape index (κ2) is 10.4. The maximum absolute atomic E-state index is 11.6. The zero-order valence-corrected chi connectivity index (χ0v) is 17.3. The van der Waals surface area contributed by atoms with Gasteiger partial charge in [0.1, 0.15) is 5.82 Å². The average molecular weight is 403 g/mol. The summed E-state index contributed by atoms with van der Waals surface area (Å²) in [4.78, 5) is 19.6. The van der Waals surface area contributed by atoms with Gasteiger partial charge >= 0.3 is 0 Å². The predicted octanol–water partition coefficient (Wildman–Crippen LogP) is 1.79. The SMILES string of the molecule is COc1cc(Cc2cnc(N)nc2N)cc(OC)c1OCCCNC(=O)C(C)C. The van der Waals surface area contributed by atoms with Crippen molar-refractivity contribution in [2.45, 2.75) is 26.7 Å². The number of amides is 1.